The predicted octanol–water partition coefficient (Wildman–Crippen LogP) is 1.45. The van der Waals surface area contributed by atoms with Gasteiger partial charge in [-0.25, -0.2) is 0 Å². The summed E-state index contributed by atoms with van der Waals surface area (Å²) in [5.41, 5.74) is 1.32. The van der Waals surface area contributed by atoms with Crippen molar-refractivity contribution < 1.29 is 0 Å². The normalized spacial score (nSPS) is 26.0. The maximum atomic E-state index is 4.16. The lowest BCUT2D eigenvalue weighted by Gasteiger charge is -2.10. The molecule has 2 unspecified atom stereocenters. The molecule has 0 aliphatic carbocycles. The second kappa shape index (κ2) is 5.03. The van der Waals surface area contributed by atoms with E-state index >= 15 is 0 Å². The van der Waals surface area contributed by atoms with E-state index in [1.165, 1.54) is 17.7 Å². The van der Waals surface area contributed by atoms with Crippen LogP contribution < -0.4 is 5.32 Å². The molecule has 0 saturated carbocycles. The molecular weight excluding hydrogens is 206 g/mol. The van der Waals surface area contributed by atoms with E-state index < -0.39 is 0 Å². The quantitative estimate of drug-likeness (QED) is 0.841. The molecule has 2 rings (SSSR count). The fraction of sp³-hybridized carbons (Fsp3) is 0.727. The van der Waals surface area contributed by atoms with Crippen LogP contribution in [0.2, 0.25) is 0 Å². The third-order valence-corrected chi connectivity index (χ3v) is 4.16. The van der Waals surface area contributed by atoms with Crippen LogP contribution in [-0.4, -0.2) is 33.4 Å². The minimum Gasteiger partial charge on any atom is -0.313 e. The van der Waals surface area contributed by atoms with Crippen LogP contribution >= 0.6 is 11.8 Å². The molecule has 15 heavy (non-hydrogen) atoms. The molecule has 1 N–H and O–H groups in total. The molecule has 1 fully saturated rings. The van der Waals surface area contributed by atoms with E-state index in [-0.39, 0.29) is 0 Å². The number of thioether (sulfide) groups is 1. The smallest absolute Gasteiger partial charge is 0.0522 e. The standard InChI is InChI=1S/C11H19N3S/c1-9-5-11(8-15-9)12-4-3-10-6-13-14(2)7-10/h6-7,9,11-12H,3-5,8H2,1-2H3. The monoisotopic (exact) mass is 225 g/mol. The highest BCUT2D eigenvalue weighted by Gasteiger charge is 2.20. The molecule has 0 bridgehead atoms. The highest BCUT2D eigenvalue weighted by atomic mass is 32.2. The minimum absolute atomic E-state index is 0.724. The van der Waals surface area contributed by atoms with Gasteiger partial charge < -0.3 is 5.32 Å². The molecule has 1 saturated heterocycles. The van der Waals surface area contributed by atoms with Crippen LogP contribution in [0.3, 0.4) is 0 Å². The summed E-state index contributed by atoms with van der Waals surface area (Å²) in [6.07, 6.45) is 6.45. The van der Waals surface area contributed by atoms with E-state index in [9.17, 15) is 0 Å². The Hall–Kier alpha value is -0.480. The van der Waals surface area contributed by atoms with Gasteiger partial charge in [-0.1, -0.05) is 6.92 Å². The lowest BCUT2D eigenvalue weighted by atomic mass is 10.2. The largest absolute Gasteiger partial charge is 0.313 e. The molecular formula is C11H19N3S. The van der Waals surface area contributed by atoms with Crippen molar-refractivity contribution in [2.24, 2.45) is 7.05 Å². The van der Waals surface area contributed by atoms with Crippen molar-refractivity contribution in [1.82, 2.24) is 15.1 Å². The minimum atomic E-state index is 0.724. The molecule has 3 nitrogen and oxygen atoms in total. The van der Waals surface area contributed by atoms with Gasteiger partial charge in [0.05, 0.1) is 6.20 Å². The van der Waals surface area contributed by atoms with Gasteiger partial charge >= 0.3 is 0 Å². The van der Waals surface area contributed by atoms with Crippen LogP contribution in [0.4, 0.5) is 0 Å². The van der Waals surface area contributed by atoms with Crippen molar-refractivity contribution in [2.75, 3.05) is 12.3 Å². The molecule has 1 aromatic rings. The van der Waals surface area contributed by atoms with Gasteiger partial charge in [-0.15, -0.1) is 0 Å². The van der Waals surface area contributed by atoms with Crippen LogP contribution in [-0.2, 0) is 13.5 Å². The zero-order valence-corrected chi connectivity index (χ0v) is 10.3. The lowest BCUT2D eigenvalue weighted by molar-refractivity contribution is 0.541. The predicted molar refractivity (Wildman–Crippen MR) is 65.2 cm³/mol. The van der Waals surface area contributed by atoms with Crippen LogP contribution in [0.25, 0.3) is 0 Å². The van der Waals surface area contributed by atoms with Gasteiger partial charge in [0, 0.05) is 30.3 Å². The van der Waals surface area contributed by atoms with Gasteiger partial charge in [0.1, 0.15) is 0 Å². The first-order chi connectivity index (χ1) is 7.24. The van der Waals surface area contributed by atoms with Gasteiger partial charge in [-0.3, -0.25) is 4.68 Å². The second-order valence-electron chi connectivity index (χ2n) is 4.30. The molecule has 1 aromatic heterocycles. The highest BCUT2D eigenvalue weighted by Crippen LogP contribution is 2.25. The van der Waals surface area contributed by atoms with Gasteiger partial charge in [-0.2, -0.15) is 16.9 Å². The number of hydrogen-bond acceptors (Lipinski definition) is 3. The van der Waals surface area contributed by atoms with Crippen LogP contribution in [0, 0.1) is 0 Å². The fourth-order valence-corrected chi connectivity index (χ4v) is 3.16. The SMILES string of the molecule is CC1CC(NCCc2cnn(C)c2)CS1. The second-order valence-corrected chi connectivity index (χ2v) is 5.77. The van der Waals surface area contributed by atoms with E-state index in [1.807, 2.05) is 17.9 Å². The van der Waals surface area contributed by atoms with Crippen molar-refractivity contribution in [3.05, 3.63) is 18.0 Å². The number of aromatic nitrogens is 2. The van der Waals surface area contributed by atoms with E-state index in [4.69, 9.17) is 0 Å². The topological polar surface area (TPSA) is 29.9 Å². The maximum absolute atomic E-state index is 4.16. The molecule has 2 heterocycles. The summed E-state index contributed by atoms with van der Waals surface area (Å²) in [7, 11) is 1.96. The number of rotatable bonds is 4. The molecule has 0 amide bonds. The van der Waals surface area contributed by atoms with Gasteiger partial charge in [-0.05, 0) is 24.9 Å². The molecule has 84 valence electrons. The Balaban J connectivity index is 1.67. The zero-order valence-electron chi connectivity index (χ0n) is 9.44. The first-order valence-corrected chi connectivity index (χ1v) is 6.61. The van der Waals surface area contributed by atoms with E-state index in [0.717, 1.165) is 24.3 Å². The Morgan fingerprint density at radius 2 is 2.53 bits per heavy atom. The highest BCUT2D eigenvalue weighted by molar-refractivity contribution is 8.00. The van der Waals surface area contributed by atoms with Gasteiger partial charge in [0.25, 0.3) is 0 Å². The van der Waals surface area contributed by atoms with Crippen LogP contribution in [0.1, 0.15) is 18.9 Å². The van der Waals surface area contributed by atoms with Crippen LogP contribution in [0.5, 0.6) is 0 Å². The number of nitrogens with one attached hydrogen (secondary N) is 1. The molecule has 0 spiro atoms. The third-order valence-electron chi connectivity index (χ3n) is 2.80. The molecule has 1 aliphatic heterocycles. The Morgan fingerprint density at radius 1 is 1.67 bits per heavy atom. The zero-order chi connectivity index (χ0) is 10.7. The maximum Gasteiger partial charge on any atom is 0.0522 e. The third kappa shape index (κ3) is 3.24. The van der Waals surface area contributed by atoms with Crippen molar-refractivity contribution >= 4 is 11.8 Å². The summed E-state index contributed by atoms with van der Waals surface area (Å²) in [6, 6.07) is 0.724. The van der Waals surface area contributed by atoms with Gasteiger partial charge in [0.2, 0.25) is 0 Å². The summed E-state index contributed by atoms with van der Waals surface area (Å²) in [5, 5.41) is 8.61. The van der Waals surface area contributed by atoms with Gasteiger partial charge in [0.15, 0.2) is 0 Å². The molecule has 0 aromatic carbocycles. The average molecular weight is 225 g/mol. The Morgan fingerprint density at radius 3 is 3.13 bits per heavy atom. The number of hydrogen-bond donors (Lipinski definition) is 1. The molecule has 4 heteroatoms. The van der Waals surface area contributed by atoms with Crippen molar-refractivity contribution in [3.63, 3.8) is 0 Å². The van der Waals surface area contributed by atoms with Crippen molar-refractivity contribution in [2.45, 2.75) is 31.1 Å². The molecule has 1 aliphatic rings. The van der Waals surface area contributed by atoms with Crippen LogP contribution in [0.15, 0.2) is 12.4 Å². The molecule has 2 atom stereocenters. The van der Waals surface area contributed by atoms with E-state index in [2.05, 4.69) is 35.3 Å². The van der Waals surface area contributed by atoms with E-state index in [0.29, 0.717) is 0 Å². The summed E-state index contributed by atoms with van der Waals surface area (Å²) in [5.74, 6) is 1.27. The number of aryl methyl sites for hydroxylation is 1. The summed E-state index contributed by atoms with van der Waals surface area (Å²) < 4.78 is 1.86. The first-order valence-electron chi connectivity index (χ1n) is 5.56. The average Bonchev–Trinajstić information content (AvgIpc) is 2.76. The Bertz CT molecular complexity index is 311. The lowest BCUT2D eigenvalue weighted by Crippen LogP contribution is -2.30. The van der Waals surface area contributed by atoms with Crippen molar-refractivity contribution in [1.29, 1.82) is 0 Å². The summed E-state index contributed by atoms with van der Waals surface area (Å²) in [4.78, 5) is 0. The summed E-state index contributed by atoms with van der Waals surface area (Å²) in [6.45, 7) is 3.39. The molecule has 0 radical (unpaired) electrons. The number of nitrogens with zero attached hydrogens (tertiary/aromatic N) is 2. The Kier molecular flexibility index (Phi) is 3.70. The summed E-state index contributed by atoms with van der Waals surface area (Å²) >= 11 is 2.08. The van der Waals surface area contributed by atoms with E-state index in [1.54, 1.807) is 0 Å². The fourth-order valence-electron chi connectivity index (χ4n) is 1.98. The van der Waals surface area contributed by atoms with Crippen molar-refractivity contribution in [3.8, 4) is 0 Å². The first kappa shape index (κ1) is 11.0. The Labute approximate surface area is 95.6 Å².